The van der Waals surface area contributed by atoms with Crippen molar-refractivity contribution in [1.82, 2.24) is 14.9 Å². The number of amides is 1. The van der Waals surface area contributed by atoms with Crippen LogP contribution in [-0.2, 0) is 4.79 Å². The van der Waals surface area contributed by atoms with Gasteiger partial charge in [0.1, 0.15) is 11.4 Å². The Bertz CT molecular complexity index is 665. The van der Waals surface area contributed by atoms with Gasteiger partial charge in [-0.1, -0.05) is 18.2 Å². The molecule has 1 aromatic heterocycles. The number of aromatic nitrogens is 2. The topological polar surface area (TPSA) is 67.2 Å². The molecular weight excluding hydrogens is 310 g/mol. The summed E-state index contributed by atoms with van der Waals surface area (Å²) in [5.74, 6) is 2.08. The first-order valence-electron chi connectivity index (χ1n) is 7.80. The van der Waals surface area contributed by atoms with Gasteiger partial charge in [0, 0.05) is 18.1 Å². The van der Waals surface area contributed by atoms with E-state index in [-0.39, 0.29) is 11.9 Å². The van der Waals surface area contributed by atoms with Gasteiger partial charge in [-0.2, -0.15) is 11.8 Å². The van der Waals surface area contributed by atoms with Crippen LogP contribution in [0, 0.1) is 0 Å². The van der Waals surface area contributed by atoms with Gasteiger partial charge in [0.05, 0.1) is 6.04 Å². The van der Waals surface area contributed by atoms with Crippen LogP contribution >= 0.6 is 11.8 Å². The minimum atomic E-state index is -1.25. The fourth-order valence-corrected chi connectivity index (χ4v) is 3.94. The second kappa shape index (κ2) is 6.76. The summed E-state index contributed by atoms with van der Waals surface area (Å²) in [4.78, 5) is 16.8. The maximum atomic E-state index is 12.5. The molecule has 2 N–H and O–H groups in total. The zero-order valence-corrected chi connectivity index (χ0v) is 13.9. The first-order valence-corrected chi connectivity index (χ1v) is 8.95. The molecule has 122 valence electrons. The van der Waals surface area contributed by atoms with E-state index in [2.05, 4.69) is 10.3 Å². The molecule has 1 saturated heterocycles. The summed E-state index contributed by atoms with van der Waals surface area (Å²) in [7, 11) is 0. The standard InChI is InChI=1S/C17H21N3O2S/c1-13(19-16(21)17(22)7-11-23-12-8-17)15-18-9-10-20(15)14-5-3-2-4-6-14/h2-6,9-10,13,22H,7-8,11-12H2,1H3,(H,19,21). The maximum absolute atomic E-state index is 12.5. The van der Waals surface area contributed by atoms with Gasteiger partial charge in [-0.05, 0) is 43.4 Å². The Kier molecular flexibility index (Phi) is 4.73. The normalized spacial score (nSPS) is 18.3. The molecule has 6 heteroatoms. The summed E-state index contributed by atoms with van der Waals surface area (Å²) >= 11 is 1.77. The van der Waals surface area contributed by atoms with Crippen molar-refractivity contribution in [2.75, 3.05) is 11.5 Å². The SMILES string of the molecule is CC(NC(=O)C1(O)CCSCC1)c1nccn1-c1ccccc1. The quantitative estimate of drug-likeness (QED) is 0.902. The first-order chi connectivity index (χ1) is 11.1. The highest BCUT2D eigenvalue weighted by molar-refractivity contribution is 7.99. The van der Waals surface area contributed by atoms with E-state index in [1.54, 1.807) is 18.0 Å². The number of rotatable bonds is 4. The summed E-state index contributed by atoms with van der Waals surface area (Å²) in [5, 5.41) is 13.4. The van der Waals surface area contributed by atoms with Crippen molar-refractivity contribution in [1.29, 1.82) is 0 Å². The van der Waals surface area contributed by atoms with Crippen molar-refractivity contribution in [2.24, 2.45) is 0 Å². The highest BCUT2D eigenvalue weighted by atomic mass is 32.2. The second-order valence-corrected chi connectivity index (χ2v) is 7.05. The van der Waals surface area contributed by atoms with Crippen LogP contribution in [0.5, 0.6) is 0 Å². The lowest BCUT2D eigenvalue weighted by Crippen LogP contribution is -2.49. The van der Waals surface area contributed by atoms with Crippen LogP contribution in [0.4, 0.5) is 0 Å². The molecule has 0 radical (unpaired) electrons. The molecule has 0 bridgehead atoms. The molecule has 5 nitrogen and oxygen atoms in total. The number of hydrogen-bond donors (Lipinski definition) is 2. The van der Waals surface area contributed by atoms with Gasteiger partial charge in [0.15, 0.2) is 0 Å². The molecule has 1 aliphatic heterocycles. The number of nitrogens with zero attached hydrogens (tertiary/aromatic N) is 2. The zero-order chi connectivity index (χ0) is 16.3. The van der Waals surface area contributed by atoms with Crippen molar-refractivity contribution in [2.45, 2.75) is 31.4 Å². The van der Waals surface area contributed by atoms with Gasteiger partial charge in [0.25, 0.3) is 5.91 Å². The Balaban J connectivity index is 1.75. The minimum Gasteiger partial charge on any atom is -0.380 e. The number of aliphatic hydroxyl groups is 1. The van der Waals surface area contributed by atoms with E-state index in [0.29, 0.717) is 12.8 Å². The first kappa shape index (κ1) is 16.1. The van der Waals surface area contributed by atoms with Gasteiger partial charge >= 0.3 is 0 Å². The Labute approximate surface area is 140 Å². The third kappa shape index (κ3) is 3.43. The Morgan fingerprint density at radius 1 is 1.35 bits per heavy atom. The smallest absolute Gasteiger partial charge is 0.252 e. The van der Waals surface area contributed by atoms with Crippen molar-refractivity contribution in [3.63, 3.8) is 0 Å². The van der Waals surface area contributed by atoms with Crippen LogP contribution in [0.15, 0.2) is 42.7 Å². The van der Waals surface area contributed by atoms with E-state index < -0.39 is 5.60 Å². The fourth-order valence-electron chi connectivity index (χ4n) is 2.77. The molecular formula is C17H21N3O2S. The number of hydrogen-bond acceptors (Lipinski definition) is 4. The van der Waals surface area contributed by atoms with E-state index in [9.17, 15) is 9.90 Å². The average Bonchev–Trinajstić information content (AvgIpc) is 3.06. The van der Waals surface area contributed by atoms with Crippen LogP contribution in [0.25, 0.3) is 5.69 Å². The molecule has 1 aromatic carbocycles. The molecule has 2 aromatic rings. The number of thioether (sulfide) groups is 1. The predicted octanol–water partition coefficient (Wildman–Crippen LogP) is 2.31. The summed E-state index contributed by atoms with van der Waals surface area (Å²) in [6.45, 7) is 1.89. The molecule has 1 atom stereocenters. The lowest BCUT2D eigenvalue weighted by Gasteiger charge is -2.31. The van der Waals surface area contributed by atoms with Crippen LogP contribution in [0.1, 0.15) is 31.6 Å². The summed E-state index contributed by atoms with van der Waals surface area (Å²) in [6.07, 6.45) is 4.60. The molecule has 2 heterocycles. The Hall–Kier alpha value is -1.79. The van der Waals surface area contributed by atoms with Crippen molar-refractivity contribution >= 4 is 17.7 Å². The van der Waals surface area contributed by atoms with Crippen molar-refractivity contribution in [3.8, 4) is 5.69 Å². The van der Waals surface area contributed by atoms with E-state index in [4.69, 9.17) is 0 Å². The molecule has 0 spiro atoms. The van der Waals surface area contributed by atoms with Gasteiger partial charge < -0.3 is 15.0 Å². The summed E-state index contributed by atoms with van der Waals surface area (Å²) in [6, 6.07) is 9.59. The molecule has 1 amide bonds. The highest BCUT2D eigenvalue weighted by Gasteiger charge is 2.38. The monoisotopic (exact) mass is 331 g/mol. The second-order valence-electron chi connectivity index (χ2n) is 5.83. The van der Waals surface area contributed by atoms with Gasteiger partial charge in [-0.15, -0.1) is 0 Å². The highest BCUT2D eigenvalue weighted by Crippen LogP contribution is 2.28. The molecule has 1 fully saturated rings. The fraction of sp³-hybridized carbons (Fsp3) is 0.412. The number of carbonyl (C=O) groups excluding carboxylic acids is 1. The minimum absolute atomic E-state index is 0.281. The lowest BCUT2D eigenvalue weighted by molar-refractivity contribution is -0.141. The molecule has 23 heavy (non-hydrogen) atoms. The van der Waals surface area contributed by atoms with Crippen molar-refractivity contribution < 1.29 is 9.90 Å². The van der Waals surface area contributed by atoms with Gasteiger partial charge in [-0.25, -0.2) is 4.98 Å². The third-order valence-electron chi connectivity index (χ3n) is 4.18. The molecule has 1 unspecified atom stereocenters. The van der Waals surface area contributed by atoms with Crippen LogP contribution in [-0.4, -0.2) is 37.7 Å². The van der Waals surface area contributed by atoms with Crippen molar-refractivity contribution in [3.05, 3.63) is 48.5 Å². The van der Waals surface area contributed by atoms with Gasteiger partial charge in [0.2, 0.25) is 0 Å². The van der Waals surface area contributed by atoms with Crippen LogP contribution in [0.2, 0.25) is 0 Å². The molecule has 1 aliphatic rings. The third-order valence-corrected chi connectivity index (χ3v) is 5.17. The number of para-hydroxylation sites is 1. The van der Waals surface area contributed by atoms with E-state index in [1.165, 1.54) is 0 Å². The average molecular weight is 331 g/mol. The van der Waals surface area contributed by atoms with E-state index >= 15 is 0 Å². The number of nitrogens with one attached hydrogen (secondary N) is 1. The lowest BCUT2D eigenvalue weighted by atomic mass is 9.95. The Morgan fingerprint density at radius 2 is 2.04 bits per heavy atom. The van der Waals surface area contributed by atoms with Crippen LogP contribution in [0.3, 0.4) is 0 Å². The summed E-state index contributed by atoms with van der Waals surface area (Å²) in [5.41, 5.74) is -0.252. The predicted molar refractivity (Wildman–Crippen MR) is 91.6 cm³/mol. The van der Waals surface area contributed by atoms with Crippen LogP contribution < -0.4 is 5.32 Å². The number of carbonyl (C=O) groups is 1. The summed E-state index contributed by atoms with van der Waals surface area (Å²) < 4.78 is 1.95. The molecule has 3 rings (SSSR count). The maximum Gasteiger partial charge on any atom is 0.252 e. The van der Waals surface area contributed by atoms with E-state index in [0.717, 1.165) is 23.0 Å². The van der Waals surface area contributed by atoms with E-state index in [1.807, 2.05) is 48.0 Å². The van der Waals surface area contributed by atoms with Gasteiger partial charge in [-0.3, -0.25) is 4.79 Å². The molecule has 0 saturated carbocycles. The zero-order valence-electron chi connectivity index (χ0n) is 13.1. The molecule has 0 aliphatic carbocycles. The number of benzene rings is 1. The largest absolute Gasteiger partial charge is 0.380 e. The number of imidazole rings is 1. The Morgan fingerprint density at radius 3 is 2.74 bits per heavy atom.